The molecule has 2 aromatic rings. The van der Waals surface area contributed by atoms with Crippen LogP contribution in [-0.4, -0.2) is 0 Å². The Morgan fingerprint density at radius 2 is 1.21 bits per heavy atom. The first kappa shape index (κ1) is 21.2. The average molecular weight is 377 g/mol. The Morgan fingerprint density at radius 3 is 1.71 bits per heavy atom. The lowest BCUT2D eigenvalue weighted by Gasteiger charge is -2.31. The molecule has 1 unspecified atom stereocenters. The van der Waals surface area contributed by atoms with Gasteiger partial charge in [0, 0.05) is 5.41 Å². The molecule has 0 aromatic heterocycles. The molecule has 0 saturated carbocycles. The van der Waals surface area contributed by atoms with Crippen LogP contribution in [0.2, 0.25) is 0 Å². The van der Waals surface area contributed by atoms with E-state index in [4.69, 9.17) is 0 Å². The van der Waals surface area contributed by atoms with E-state index in [0.29, 0.717) is 5.92 Å². The Bertz CT molecular complexity index is 862. The van der Waals surface area contributed by atoms with E-state index in [-0.39, 0.29) is 16.2 Å². The highest BCUT2D eigenvalue weighted by molar-refractivity contribution is 5.60. The normalized spacial score (nSPS) is 23.4. The fraction of sp³-hybridized carbons (Fsp3) is 0.571. The van der Waals surface area contributed by atoms with Crippen LogP contribution < -0.4 is 0 Å². The summed E-state index contributed by atoms with van der Waals surface area (Å²) in [6.07, 6.45) is 3.72. The summed E-state index contributed by atoms with van der Waals surface area (Å²) in [5.41, 5.74) is 9.90. The minimum absolute atomic E-state index is 0.189. The second-order valence-corrected chi connectivity index (χ2v) is 10.9. The molecule has 0 nitrogen and oxygen atoms in total. The first-order chi connectivity index (χ1) is 13.0. The number of hydrogen-bond acceptors (Lipinski definition) is 0. The van der Waals surface area contributed by atoms with E-state index in [0.717, 1.165) is 0 Å². The molecular formula is C28H40. The van der Waals surface area contributed by atoms with Crippen molar-refractivity contribution in [1.29, 1.82) is 0 Å². The summed E-state index contributed by atoms with van der Waals surface area (Å²) in [6.45, 7) is 20.9. The van der Waals surface area contributed by atoms with E-state index in [1.165, 1.54) is 30.4 Å². The van der Waals surface area contributed by atoms with Gasteiger partial charge in [0.25, 0.3) is 0 Å². The highest BCUT2D eigenvalue weighted by Crippen LogP contribution is 2.62. The van der Waals surface area contributed by atoms with Crippen molar-refractivity contribution >= 4 is 0 Å². The van der Waals surface area contributed by atoms with Gasteiger partial charge in [-0.2, -0.15) is 0 Å². The molecule has 152 valence electrons. The Balaban J connectivity index is 0.000000706. The van der Waals surface area contributed by atoms with Crippen LogP contribution in [0.15, 0.2) is 36.4 Å². The van der Waals surface area contributed by atoms with Gasteiger partial charge in [-0.3, -0.25) is 0 Å². The number of aryl methyl sites for hydroxylation is 1. The van der Waals surface area contributed by atoms with Crippen molar-refractivity contribution in [2.75, 3.05) is 0 Å². The SMILES string of the molecule is CCC.Cc1ccc2c(c1)C1(CC2(C)C)CC(C)(C)c2ccc(C(C)C)cc21. The fourth-order valence-corrected chi connectivity index (χ4v) is 5.84. The Labute approximate surface area is 173 Å². The molecular weight excluding hydrogens is 336 g/mol. The summed E-state index contributed by atoms with van der Waals surface area (Å²) < 4.78 is 0. The van der Waals surface area contributed by atoms with Crippen LogP contribution >= 0.6 is 0 Å². The van der Waals surface area contributed by atoms with Crippen LogP contribution in [0.4, 0.5) is 0 Å². The lowest BCUT2D eigenvalue weighted by atomic mass is 9.72. The molecule has 1 atom stereocenters. The van der Waals surface area contributed by atoms with Crippen LogP contribution in [0.1, 0.15) is 114 Å². The molecule has 0 N–H and O–H groups in total. The predicted octanol–water partition coefficient (Wildman–Crippen LogP) is 8.18. The summed E-state index contributed by atoms with van der Waals surface area (Å²) in [7, 11) is 0. The number of benzene rings is 2. The van der Waals surface area contributed by atoms with Gasteiger partial charge in [0.1, 0.15) is 0 Å². The van der Waals surface area contributed by atoms with Crippen molar-refractivity contribution in [2.45, 2.75) is 104 Å². The highest BCUT2D eigenvalue weighted by atomic mass is 14.6. The lowest BCUT2D eigenvalue weighted by Crippen LogP contribution is -2.27. The maximum absolute atomic E-state index is 2.54. The average Bonchev–Trinajstić information content (AvgIpc) is 2.95. The minimum atomic E-state index is 0.189. The molecule has 0 amide bonds. The molecule has 0 bridgehead atoms. The zero-order valence-electron chi connectivity index (χ0n) is 19.7. The summed E-state index contributed by atoms with van der Waals surface area (Å²) in [6, 6.07) is 14.5. The van der Waals surface area contributed by atoms with Gasteiger partial charge in [0.2, 0.25) is 0 Å². The van der Waals surface area contributed by atoms with E-state index >= 15 is 0 Å². The molecule has 0 saturated heterocycles. The Kier molecular flexibility index (Phi) is 5.32. The van der Waals surface area contributed by atoms with Gasteiger partial charge in [-0.15, -0.1) is 0 Å². The zero-order chi connectivity index (χ0) is 20.9. The van der Waals surface area contributed by atoms with E-state index in [2.05, 4.69) is 98.7 Å². The lowest BCUT2D eigenvalue weighted by molar-refractivity contribution is 0.349. The fourth-order valence-electron chi connectivity index (χ4n) is 5.84. The van der Waals surface area contributed by atoms with Crippen LogP contribution in [0, 0.1) is 6.92 Å². The second kappa shape index (κ2) is 7.05. The van der Waals surface area contributed by atoms with E-state index in [1.807, 2.05) is 0 Å². The van der Waals surface area contributed by atoms with Crippen LogP contribution in [0.3, 0.4) is 0 Å². The van der Waals surface area contributed by atoms with Crippen molar-refractivity contribution in [2.24, 2.45) is 0 Å². The van der Waals surface area contributed by atoms with E-state index < -0.39 is 0 Å². The summed E-state index contributed by atoms with van der Waals surface area (Å²) >= 11 is 0. The monoisotopic (exact) mass is 376 g/mol. The van der Waals surface area contributed by atoms with Gasteiger partial charge in [0.05, 0.1) is 0 Å². The maximum Gasteiger partial charge on any atom is 0.0225 e. The van der Waals surface area contributed by atoms with Crippen molar-refractivity contribution in [3.05, 3.63) is 69.8 Å². The molecule has 0 heterocycles. The molecule has 2 aliphatic rings. The van der Waals surface area contributed by atoms with E-state index in [9.17, 15) is 0 Å². The number of hydrogen-bond donors (Lipinski definition) is 0. The second-order valence-electron chi connectivity index (χ2n) is 10.9. The summed E-state index contributed by atoms with van der Waals surface area (Å²) in [5.74, 6) is 0.581. The molecule has 28 heavy (non-hydrogen) atoms. The van der Waals surface area contributed by atoms with Gasteiger partial charge in [-0.05, 0) is 64.3 Å². The molecule has 1 spiro atoms. The zero-order valence-corrected chi connectivity index (χ0v) is 19.7. The van der Waals surface area contributed by atoms with Crippen molar-refractivity contribution < 1.29 is 0 Å². The van der Waals surface area contributed by atoms with Crippen LogP contribution in [0.25, 0.3) is 0 Å². The molecule has 0 fully saturated rings. The van der Waals surface area contributed by atoms with Gasteiger partial charge >= 0.3 is 0 Å². The largest absolute Gasteiger partial charge is 0.0656 e. The van der Waals surface area contributed by atoms with Gasteiger partial charge < -0.3 is 0 Å². The first-order valence-electron chi connectivity index (χ1n) is 11.2. The third-order valence-electron chi connectivity index (χ3n) is 6.86. The predicted molar refractivity (Wildman–Crippen MR) is 124 cm³/mol. The minimum Gasteiger partial charge on any atom is -0.0656 e. The molecule has 2 aromatic carbocycles. The quantitative estimate of drug-likeness (QED) is 0.470. The molecule has 2 aliphatic carbocycles. The topological polar surface area (TPSA) is 0 Å². The number of rotatable bonds is 1. The number of fused-ring (bicyclic) bond motifs is 4. The summed E-state index contributed by atoms with van der Waals surface area (Å²) in [4.78, 5) is 0. The molecule has 4 rings (SSSR count). The first-order valence-corrected chi connectivity index (χ1v) is 11.2. The van der Waals surface area contributed by atoms with Crippen molar-refractivity contribution in [1.82, 2.24) is 0 Å². The van der Waals surface area contributed by atoms with Crippen LogP contribution in [0.5, 0.6) is 0 Å². The molecule has 0 aliphatic heterocycles. The van der Waals surface area contributed by atoms with Gasteiger partial charge in [0.15, 0.2) is 0 Å². The highest BCUT2D eigenvalue weighted by Gasteiger charge is 2.56. The van der Waals surface area contributed by atoms with E-state index in [1.54, 1.807) is 22.3 Å². The third kappa shape index (κ3) is 3.23. The van der Waals surface area contributed by atoms with Crippen molar-refractivity contribution in [3.63, 3.8) is 0 Å². The third-order valence-corrected chi connectivity index (χ3v) is 6.86. The van der Waals surface area contributed by atoms with Gasteiger partial charge in [-0.25, -0.2) is 0 Å². The van der Waals surface area contributed by atoms with Gasteiger partial charge in [-0.1, -0.05) is 104 Å². The smallest absolute Gasteiger partial charge is 0.0225 e. The standard InChI is InChI=1S/C25H32.C3H8/c1-16(2)18-9-11-20-22(13-18)25(15-24(20,6)7)14-23(4,5)19-10-8-17(3)12-21(19)25;1-3-2/h8-13,16H,14-15H2,1-7H3;3H2,1-2H3. The molecule has 0 heteroatoms. The molecule has 0 radical (unpaired) electrons. The Morgan fingerprint density at radius 1 is 0.750 bits per heavy atom. The van der Waals surface area contributed by atoms with Crippen molar-refractivity contribution in [3.8, 4) is 0 Å². The van der Waals surface area contributed by atoms with Crippen LogP contribution in [-0.2, 0) is 16.2 Å². The maximum atomic E-state index is 2.54. The Hall–Kier alpha value is -1.56. The summed E-state index contributed by atoms with van der Waals surface area (Å²) in [5, 5.41) is 0.